The van der Waals surface area contributed by atoms with Crippen molar-refractivity contribution in [3.63, 3.8) is 0 Å². The number of carboxylic acids is 1. The maximum atomic E-state index is 12.3. The Morgan fingerprint density at radius 2 is 2.05 bits per heavy atom. The molecule has 2 amide bonds. The van der Waals surface area contributed by atoms with Crippen LogP contribution in [0, 0.1) is 0 Å². The van der Waals surface area contributed by atoms with E-state index < -0.39 is 5.97 Å². The Balaban J connectivity index is 1.88. The van der Waals surface area contributed by atoms with E-state index in [1.807, 2.05) is 11.8 Å². The van der Waals surface area contributed by atoms with E-state index in [0.29, 0.717) is 6.54 Å². The third kappa shape index (κ3) is 4.49. The number of carbonyl (C=O) groups is 2. The number of amides is 2. The van der Waals surface area contributed by atoms with Gasteiger partial charge in [0.25, 0.3) is 0 Å². The molecule has 0 saturated carbocycles. The predicted octanol–water partition coefficient (Wildman–Crippen LogP) is 1.48. The number of aliphatic carboxylic acids is 1. The quantitative estimate of drug-likeness (QED) is 0.826. The summed E-state index contributed by atoms with van der Waals surface area (Å²) >= 11 is 3.59. The molecule has 0 spiro atoms. The van der Waals surface area contributed by atoms with Crippen molar-refractivity contribution in [1.82, 2.24) is 10.2 Å². The summed E-state index contributed by atoms with van der Waals surface area (Å²) < 4.78 is 0. The van der Waals surface area contributed by atoms with Gasteiger partial charge in [-0.05, 0) is 18.6 Å². The molecule has 2 aliphatic rings. The summed E-state index contributed by atoms with van der Waals surface area (Å²) in [6, 6.07) is -0.0159. The lowest BCUT2D eigenvalue weighted by Crippen LogP contribution is -2.54. The molecular formula is C12H20N2O3S2. The number of rotatable bonds is 3. The number of hydrogen-bond acceptors (Lipinski definition) is 4. The van der Waals surface area contributed by atoms with Gasteiger partial charge in [0.1, 0.15) is 0 Å². The van der Waals surface area contributed by atoms with Crippen LogP contribution in [0.2, 0.25) is 0 Å². The standard InChI is InChI=1S/C12H20N2O3S2/c15-11(16)6-10-8-19-5-3-14(10)12(17)13-9-2-1-4-18-7-9/h9-10H,1-8H2,(H,13,17)(H,15,16). The average Bonchev–Trinajstić information content (AvgIpc) is 2.39. The van der Waals surface area contributed by atoms with Crippen LogP contribution in [0.25, 0.3) is 0 Å². The Morgan fingerprint density at radius 3 is 2.74 bits per heavy atom. The predicted molar refractivity (Wildman–Crippen MR) is 79.0 cm³/mol. The van der Waals surface area contributed by atoms with Gasteiger partial charge in [-0.2, -0.15) is 23.5 Å². The van der Waals surface area contributed by atoms with Gasteiger partial charge >= 0.3 is 12.0 Å². The highest BCUT2D eigenvalue weighted by atomic mass is 32.2. The first-order valence-electron chi connectivity index (χ1n) is 6.61. The monoisotopic (exact) mass is 304 g/mol. The van der Waals surface area contributed by atoms with Crippen LogP contribution in [-0.2, 0) is 4.79 Å². The van der Waals surface area contributed by atoms with Crippen molar-refractivity contribution < 1.29 is 14.7 Å². The Bertz CT molecular complexity index is 335. The van der Waals surface area contributed by atoms with E-state index in [0.717, 1.165) is 30.1 Å². The molecule has 0 aliphatic carbocycles. The summed E-state index contributed by atoms with van der Waals surface area (Å²) in [5.41, 5.74) is 0. The van der Waals surface area contributed by atoms with Crippen molar-refractivity contribution in [2.24, 2.45) is 0 Å². The SMILES string of the molecule is O=C(O)CC1CSCCN1C(=O)NC1CCCSC1. The normalized spacial score (nSPS) is 27.9. The Morgan fingerprint density at radius 1 is 1.26 bits per heavy atom. The first-order valence-corrected chi connectivity index (χ1v) is 8.92. The van der Waals surface area contributed by atoms with Gasteiger partial charge in [-0.1, -0.05) is 0 Å². The molecule has 2 aliphatic heterocycles. The average molecular weight is 304 g/mol. The molecule has 0 aromatic carbocycles. The fourth-order valence-electron chi connectivity index (χ4n) is 2.40. The molecule has 2 rings (SSSR count). The maximum Gasteiger partial charge on any atom is 0.317 e. The number of carbonyl (C=O) groups excluding carboxylic acids is 1. The molecule has 2 unspecified atom stereocenters. The Labute approximate surface area is 121 Å². The topological polar surface area (TPSA) is 69.6 Å². The van der Waals surface area contributed by atoms with Crippen LogP contribution in [0.4, 0.5) is 4.79 Å². The summed E-state index contributed by atoms with van der Waals surface area (Å²) in [5.74, 6) is 2.92. The van der Waals surface area contributed by atoms with Crippen LogP contribution < -0.4 is 5.32 Å². The zero-order valence-corrected chi connectivity index (χ0v) is 12.5. The summed E-state index contributed by atoms with van der Waals surface area (Å²) in [7, 11) is 0. The fourth-order valence-corrected chi connectivity index (χ4v) is 4.54. The van der Waals surface area contributed by atoms with Gasteiger partial charge < -0.3 is 15.3 Å². The van der Waals surface area contributed by atoms with Crippen LogP contribution in [0.1, 0.15) is 19.3 Å². The van der Waals surface area contributed by atoms with Gasteiger partial charge in [0.05, 0.1) is 12.5 Å². The molecule has 0 bridgehead atoms. The highest BCUT2D eigenvalue weighted by Gasteiger charge is 2.30. The lowest BCUT2D eigenvalue weighted by Gasteiger charge is -2.36. The summed E-state index contributed by atoms with van der Waals surface area (Å²) in [6.45, 7) is 0.647. The summed E-state index contributed by atoms with van der Waals surface area (Å²) in [4.78, 5) is 24.8. The van der Waals surface area contributed by atoms with Crippen molar-refractivity contribution >= 4 is 35.5 Å². The van der Waals surface area contributed by atoms with Crippen LogP contribution in [-0.4, -0.2) is 63.6 Å². The van der Waals surface area contributed by atoms with E-state index in [2.05, 4.69) is 5.32 Å². The van der Waals surface area contributed by atoms with Crippen molar-refractivity contribution in [3.8, 4) is 0 Å². The minimum atomic E-state index is -0.835. The highest BCUT2D eigenvalue weighted by Crippen LogP contribution is 2.21. The van der Waals surface area contributed by atoms with Gasteiger partial charge in [-0.15, -0.1) is 0 Å². The lowest BCUT2D eigenvalue weighted by molar-refractivity contribution is -0.137. The second kappa shape index (κ2) is 7.28. The number of nitrogens with one attached hydrogen (secondary N) is 1. The molecule has 0 aromatic rings. The molecule has 2 N–H and O–H groups in total. The molecule has 19 heavy (non-hydrogen) atoms. The van der Waals surface area contributed by atoms with Gasteiger partial charge in [0, 0.05) is 29.8 Å². The van der Waals surface area contributed by atoms with Crippen molar-refractivity contribution in [3.05, 3.63) is 0 Å². The first kappa shape index (κ1) is 14.8. The molecule has 7 heteroatoms. The zero-order chi connectivity index (χ0) is 13.7. The summed E-state index contributed by atoms with van der Waals surface area (Å²) in [6.07, 6.45) is 2.22. The first-order chi connectivity index (χ1) is 9.16. The molecule has 2 heterocycles. The zero-order valence-electron chi connectivity index (χ0n) is 10.8. The van der Waals surface area contributed by atoms with Gasteiger partial charge in [0.15, 0.2) is 0 Å². The number of hydrogen-bond donors (Lipinski definition) is 2. The summed E-state index contributed by atoms with van der Waals surface area (Å²) in [5, 5.41) is 12.0. The molecular weight excluding hydrogens is 284 g/mol. The molecule has 0 aromatic heterocycles. The minimum Gasteiger partial charge on any atom is -0.481 e. The van der Waals surface area contributed by atoms with E-state index in [1.54, 1.807) is 16.7 Å². The molecule has 0 radical (unpaired) electrons. The van der Waals surface area contributed by atoms with Gasteiger partial charge in [0.2, 0.25) is 0 Å². The molecule has 108 valence electrons. The van der Waals surface area contributed by atoms with Gasteiger partial charge in [-0.25, -0.2) is 4.79 Å². The second-order valence-electron chi connectivity index (χ2n) is 4.88. The van der Waals surface area contributed by atoms with Gasteiger partial charge in [-0.3, -0.25) is 4.79 Å². The number of thioether (sulfide) groups is 2. The Kier molecular flexibility index (Phi) is 5.69. The van der Waals surface area contributed by atoms with Crippen molar-refractivity contribution in [2.75, 3.05) is 29.6 Å². The van der Waals surface area contributed by atoms with Crippen molar-refractivity contribution in [1.29, 1.82) is 0 Å². The maximum absolute atomic E-state index is 12.3. The van der Waals surface area contributed by atoms with Crippen LogP contribution in [0.3, 0.4) is 0 Å². The second-order valence-corrected chi connectivity index (χ2v) is 7.18. The molecule has 2 saturated heterocycles. The van der Waals surface area contributed by atoms with E-state index in [4.69, 9.17) is 5.11 Å². The van der Waals surface area contributed by atoms with Crippen LogP contribution >= 0.6 is 23.5 Å². The largest absolute Gasteiger partial charge is 0.481 e. The number of carboxylic acid groups (broad SMARTS) is 1. The lowest BCUT2D eigenvalue weighted by atomic mass is 10.2. The van der Waals surface area contributed by atoms with Crippen LogP contribution in [0.15, 0.2) is 0 Å². The number of nitrogens with zero attached hydrogens (tertiary/aromatic N) is 1. The van der Waals surface area contributed by atoms with E-state index in [9.17, 15) is 9.59 Å². The minimum absolute atomic E-state index is 0.0415. The number of urea groups is 1. The molecule has 2 fully saturated rings. The molecule has 2 atom stereocenters. The Hall–Kier alpha value is -0.560. The van der Waals surface area contributed by atoms with E-state index >= 15 is 0 Å². The van der Waals surface area contributed by atoms with E-state index in [1.165, 1.54) is 5.75 Å². The molecule has 5 nitrogen and oxygen atoms in total. The smallest absolute Gasteiger partial charge is 0.317 e. The fraction of sp³-hybridized carbons (Fsp3) is 0.833. The van der Waals surface area contributed by atoms with E-state index in [-0.39, 0.29) is 24.5 Å². The van der Waals surface area contributed by atoms with Crippen LogP contribution in [0.5, 0.6) is 0 Å². The third-order valence-electron chi connectivity index (χ3n) is 3.39. The highest BCUT2D eigenvalue weighted by molar-refractivity contribution is 7.99. The third-order valence-corrected chi connectivity index (χ3v) is 5.69. The van der Waals surface area contributed by atoms with Crippen molar-refractivity contribution in [2.45, 2.75) is 31.3 Å².